The third-order valence-corrected chi connectivity index (χ3v) is 5.78. The van der Waals surface area contributed by atoms with Crippen molar-refractivity contribution in [3.63, 3.8) is 0 Å². The van der Waals surface area contributed by atoms with E-state index in [1.54, 1.807) is 12.0 Å². The number of methoxy groups -OCH3 is 1. The molecule has 0 bridgehead atoms. The molecule has 4 N–H and O–H groups in total. The van der Waals surface area contributed by atoms with E-state index in [-0.39, 0.29) is 30.9 Å². The molecule has 0 unspecified atom stereocenters. The Hall–Kier alpha value is -2.56. The van der Waals surface area contributed by atoms with E-state index in [4.69, 9.17) is 9.47 Å². The first-order valence-electron chi connectivity index (χ1n) is 11.0. The second-order valence-corrected chi connectivity index (χ2v) is 8.45. The fraction of sp³-hybridized carbons (Fsp3) is 0.636. The van der Waals surface area contributed by atoms with Gasteiger partial charge in [-0.05, 0) is 26.0 Å². The molecule has 1 aromatic carbocycles. The third kappa shape index (κ3) is 5.81. The molecule has 10 heteroatoms. The van der Waals surface area contributed by atoms with Crippen LogP contribution in [-0.4, -0.2) is 97.3 Å². The van der Waals surface area contributed by atoms with E-state index in [1.165, 1.54) is 0 Å². The van der Waals surface area contributed by atoms with E-state index in [2.05, 4.69) is 15.5 Å². The Morgan fingerprint density at radius 2 is 1.78 bits per heavy atom. The van der Waals surface area contributed by atoms with Crippen LogP contribution in [0.3, 0.4) is 0 Å². The smallest absolute Gasteiger partial charge is 0.315 e. The highest BCUT2D eigenvalue weighted by atomic mass is 16.5. The minimum atomic E-state index is -1.19. The van der Waals surface area contributed by atoms with Gasteiger partial charge in [-0.2, -0.15) is 0 Å². The summed E-state index contributed by atoms with van der Waals surface area (Å²) in [5, 5.41) is 25.9. The van der Waals surface area contributed by atoms with Crippen molar-refractivity contribution in [1.29, 1.82) is 0 Å². The number of carbonyl (C=O) groups excluding carboxylic acids is 2. The van der Waals surface area contributed by atoms with Crippen molar-refractivity contribution in [2.75, 3.05) is 44.7 Å². The van der Waals surface area contributed by atoms with Crippen molar-refractivity contribution in [2.24, 2.45) is 0 Å². The Kier molecular flexibility index (Phi) is 8.16. The molecule has 178 valence electrons. The summed E-state index contributed by atoms with van der Waals surface area (Å²) < 4.78 is 11.1. The maximum absolute atomic E-state index is 12.8. The Morgan fingerprint density at radius 3 is 2.44 bits per heavy atom. The summed E-state index contributed by atoms with van der Waals surface area (Å²) in [6.07, 6.45) is -3.97. The number of ether oxygens (including phenoxy) is 2. The topological polar surface area (TPSA) is 124 Å². The van der Waals surface area contributed by atoms with Gasteiger partial charge in [0.15, 0.2) is 0 Å². The molecule has 2 aliphatic heterocycles. The predicted octanol–water partition coefficient (Wildman–Crippen LogP) is -0.0693. The van der Waals surface area contributed by atoms with Gasteiger partial charge >= 0.3 is 6.03 Å². The number of hydrogen-bond acceptors (Lipinski definition) is 7. The predicted molar refractivity (Wildman–Crippen MR) is 119 cm³/mol. The summed E-state index contributed by atoms with van der Waals surface area (Å²) in [5.41, 5.74) is 0.997. The number of anilines is 1. The molecule has 0 spiro atoms. The molecule has 10 nitrogen and oxygen atoms in total. The molecule has 0 aromatic heterocycles. The van der Waals surface area contributed by atoms with Crippen LogP contribution >= 0.6 is 0 Å². The molecule has 0 radical (unpaired) electrons. The van der Waals surface area contributed by atoms with Crippen molar-refractivity contribution < 1.29 is 29.3 Å². The van der Waals surface area contributed by atoms with E-state index in [1.807, 2.05) is 38.1 Å². The number of aliphatic hydroxyl groups is 2. The largest absolute Gasteiger partial charge is 0.495 e. The maximum atomic E-state index is 12.8. The summed E-state index contributed by atoms with van der Waals surface area (Å²) in [4.78, 5) is 28.5. The first-order valence-corrected chi connectivity index (χ1v) is 11.0. The average molecular weight is 451 g/mol. The van der Waals surface area contributed by atoms with E-state index >= 15 is 0 Å². The lowest BCUT2D eigenvalue weighted by Gasteiger charge is -2.37. The normalized spacial score (nSPS) is 25.7. The van der Waals surface area contributed by atoms with Crippen molar-refractivity contribution >= 4 is 17.6 Å². The minimum Gasteiger partial charge on any atom is -0.495 e. The lowest BCUT2D eigenvalue weighted by atomic mass is 10.0. The Balaban J connectivity index is 1.48. The maximum Gasteiger partial charge on any atom is 0.315 e. The van der Waals surface area contributed by atoms with Gasteiger partial charge in [0.2, 0.25) is 5.91 Å². The van der Waals surface area contributed by atoms with Crippen molar-refractivity contribution in [2.45, 2.75) is 50.7 Å². The molecule has 3 rings (SSSR count). The van der Waals surface area contributed by atoms with Crippen LogP contribution in [0.5, 0.6) is 5.75 Å². The molecule has 2 heterocycles. The zero-order valence-corrected chi connectivity index (χ0v) is 18.9. The lowest BCUT2D eigenvalue weighted by molar-refractivity contribution is -0.135. The van der Waals surface area contributed by atoms with Gasteiger partial charge in [0, 0.05) is 38.8 Å². The molecule has 32 heavy (non-hydrogen) atoms. The van der Waals surface area contributed by atoms with Crippen LogP contribution in [0.1, 0.15) is 20.3 Å². The second-order valence-electron chi connectivity index (χ2n) is 8.45. The van der Waals surface area contributed by atoms with Gasteiger partial charge < -0.3 is 40.1 Å². The standard InChI is InChI=1S/C22H34N4O6/c1-14(2)24-22(30)23-13-18-21(29)20(28)17(32-18)12-19(27)26-10-8-25(9-11-26)15-6-4-5-7-16(15)31-3/h4-7,14,17-18,20-21,28-29H,8-13H2,1-3H3,(H2,23,24,30)/t17-,18+,20-,21+/m0/s1. The quantitative estimate of drug-likeness (QED) is 0.459. The van der Waals surface area contributed by atoms with Gasteiger partial charge in [-0.3, -0.25) is 4.79 Å². The van der Waals surface area contributed by atoms with Crippen LogP contribution in [-0.2, 0) is 9.53 Å². The highest BCUT2D eigenvalue weighted by molar-refractivity contribution is 5.77. The van der Waals surface area contributed by atoms with Gasteiger partial charge in [-0.15, -0.1) is 0 Å². The number of urea groups is 1. The number of amides is 3. The van der Waals surface area contributed by atoms with Crippen LogP contribution in [0.15, 0.2) is 24.3 Å². The molecule has 1 aromatic rings. The molecule has 0 saturated carbocycles. The fourth-order valence-electron chi connectivity index (χ4n) is 4.06. The first-order chi connectivity index (χ1) is 15.3. The first kappa shape index (κ1) is 24.1. The van der Waals surface area contributed by atoms with Gasteiger partial charge in [0.25, 0.3) is 0 Å². The highest BCUT2D eigenvalue weighted by Crippen LogP contribution is 2.29. The van der Waals surface area contributed by atoms with E-state index in [0.29, 0.717) is 26.2 Å². The van der Waals surface area contributed by atoms with Gasteiger partial charge in [-0.1, -0.05) is 12.1 Å². The van der Waals surface area contributed by atoms with Crippen LogP contribution in [0.2, 0.25) is 0 Å². The Morgan fingerprint density at radius 1 is 1.12 bits per heavy atom. The van der Waals surface area contributed by atoms with Gasteiger partial charge in [0.1, 0.15) is 24.1 Å². The molecule has 2 fully saturated rings. The number of carbonyl (C=O) groups is 2. The van der Waals surface area contributed by atoms with Crippen LogP contribution in [0, 0.1) is 0 Å². The SMILES string of the molecule is COc1ccccc1N1CCN(C(=O)C[C@@H]2O[C@H](CNC(=O)NC(C)C)[C@@H](O)[C@H]2O)CC1. The zero-order chi connectivity index (χ0) is 23.3. The number of aliphatic hydroxyl groups excluding tert-OH is 2. The monoisotopic (exact) mass is 450 g/mol. The second kappa shape index (κ2) is 10.8. The summed E-state index contributed by atoms with van der Waals surface area (Å²) >= 11 is 0. The van der Waals surface area contributed by atoms with E-state index in [9.17, 15) is 19.8 Å². The number of nitrogens with zero attached hydrogens (tertiary/aromatic N) is 2. The number of piperazine rings is 1. The number of hydrogen-bond donors (Lipinski definition) is 4. The highest BCUT2D eigenvalue weighted by Gasteiger charge is 2.44. The Bertz CT molecular complexity index is 783. The lowest BCUT2D eigenvalue weighted by Crippen LogP contribution is -2.50. The molecule has 4 atom stereocenters. The summed E-state index contributed by atoms with van der Waals surface area (Å²) in [6.45, 7) is 6.13. The molecule has 2 aliphatic rings. The van der Waals surface area contributed by atoms with Crippen LogP contribution in [0.4, 0.5) is 10.5 Å². The number of para-hydroxylation sites is 2. The summed E-state index contributed by atoms with van der Waals surface area (Å²) in [6, 6.07) is 7.38. The van der Waals surface area contributed by atoms with Crippen LogP contribution in [0.25, 0.3) is 0 Å². The molecule has 0 aliphatic carbocycles. The summed E-state index contributed by atoms with van der Waals surface area (Å²) in [7, 11) is 1.64. The van der Waals surface area contributed by atoms with Crippen molar-refractivity contribution in [1.82, 2.24) is 15.5 Å². The minimum absolute atomic E-state index is 0.0242. The van der Waals surface area contributed by atoms with E-state index < -0.39 is 24.4 Å². The number of nitrogens with one attached hydrogen (secondary N) is 2. The van der Waals surface area contributed by atoms with Gasteiger partial charge in [-0.25, -0.2) is 4.79 Å². The number of benzene rings is 1. The molecular formula is C22H34N4O6. The average Bonchev–Trinajstić information content (AvgIpc) is 3.05. The van der Waals surface area contributed by atoms with Crippen LogP contribution < -0.4 is 20.3 Å². The molecular weight excluding hydrogens is 416 g/mol. The van der Waals surface area contributed by atoms with E-state index in [0.717, 1.165) is 11.4 Å². The third-order valence-electron chi connectivity index (χ3n) is 5.78. The fourth-order valence-corrected chi connectivity index (χ4v) is 4.06. The zero-order valence-electron chi connectivity index (χ0n) is 18.9. The Labute approximate surface area is 188 Å². The van der Waals surface area contributed by atoms with Gasteiger partial charge in [0.05, 0.1) is 25.3 Å². The molecule has 2 saturated heterocycles. The molecule has 3 amide bonds. The summed E-state index contributed by atoms with van der Waals surface area (Å²) in [5.74, 6) is 0.664. The van der Waals surface area contributed by atoms with Crippen molar-refractivity contribution in [3.8, 4) is 5.75 Å². The van der Waals surface area contributed by atoms with Crippen molar-refractivity contribution in [3.05, 3.63) is 24.3 Å². The number of rotatable bonds is 7.